The molecular formula is C16H26N2O2S. The Bertz CT molecular complexity index is 528. The van der Waals surface area contributed by atoms with Gasteiger partial charge in [-0.15, -0.1) is 0 Å². The van der Waals surface area contributed by atoms with Gasteiger partial charge in [0.1, 0.15) is 0 Å². The molecule has 0 bridgehead atoms. The predicted octanol–water partition coefficient (Wildman–Crippen LogP) is 2.05. The summed E-state index contributed by atoms with van der Waals surface area (Å²) in [4.78, 5) is 2.71. The third kappa shape index (κ3) is 3.65. The lowest BCUT2D eigenvalue weighted by molar-refractivity contribution is 0.144. The molecule has 2 atom stereocenters. The topological polar surface area (TPSA) is 63.4 Å². The molecule has 1 aromatic carbocycles. The molecule has 2 N–H and O–H groups in total. The molecule has 2 unspecified atom stereocenters. The summed E-state index contributed by atoms with van der Waals surface area (Å²) in [5, 5.41) is -0.508. The van der Waals surface area contributed by atoms with Gasteiger partial charge in [0.25, 0.3) is 0 Å². The molecule has 1 fully saturated rings. The standard InChI is InChI=1S/C16H26N2O2S/c1-2-11-18-12-7-6-10-15(18)16(13-17)21(19,20)14-8-4-3-5-9-14/h3-5,8-9,15-16H,2,6-7,10-13,17H2,1H3. The number of nitrogens with zero attached hydrogens (tertiary/aromatic N) is 1. The van der Waals surface area contributed by atoms with E-state index >= 15 is 0 Å². The number of likely N-dealkylation sites (tertiary alicyclic amines) is 1. The van der Waals surface area contributed by atoms with Crippen molar-refractivity contribution in [3.05, 3.63) is 30.3 Å². The third-order valence-corrected chi connectivity index (χ3v) is 6.54. The fraction of sp³-hybridized carbons (Fsp3) is 0.625. The van der Waals surface area contributed by atoms with E-state index in [2.05, 4.69) is 11.8 Å². The first-order chi connectivity index (χ1) is 10.1. The van der Waals surface area contributed by atoms with Gasteiger partial charge in [-0.3, -0.25) is 4.90 Å². The minimum absolute atomic E-state index is 0.0499. The van der Waals surface area contributed by atoms with E-state index in [1.54, 1.807) is 24.3 Å². The fourth-order valence-electron chi connectivity index (χ4n) is 3.28. The first-order valence-electron chi connectivity index (χ1n) is 7.84. The van der Waals surface area contributed by atoms with Crippen molar-refractivity contribution in [2.45, 2.75) is 48.8 Å². The van der Waals surface area contributed by atoms with Crippen LogP contribution in [0.3, 0.4) is 0 Å². The summed E-state index contributed by atoms with van der Waals surface area (Å²) in [6, 6.07) is 8.76. The Kier molecular flexibility index (Phi) is 5.79. The molecule has 1 aliphatic heterocycles. The Morgan fingerprint density at radius 3 is 2.62 bits per heavy atom. The second-order valence-corrected chi connectivity index (χ2v) is 7.90. The molecule has 0 saturated carbocycles. The Morgan fingerprint density at radius 2 is 2.00 bits per heavy atom. The Morgan fingerprint density at radius 1 is 1.29 bits per heavy atom. The van der Waals surface area contributed by atoms with Crippen molar-refractivity contribution in [2.24, 2.45) is 5.73 Å². The second kappa shape index (κ2) is 7.38. The largest absolute Gasteiger partial charge is 0.329 e. The number of piperidine rings is 1. The molecule has 0 radical (unpaired) electrons. The summed E-state index contributed by atoms with van der Waals surface area (Å²) in [5.41, 5.74) is 5.88. The van der Waals surface area contributed by atoms with Gasteiger partial charge >= 0.3 is 0 Å². The Balaban J connectivity index is 2.29. The molecule has 1 aliphatic rings. The van der Waals surface area contributed by atoms with Crippen LogP contribution in [0.15, 0.2) is 35.2 Å². The van der Waals surface area contributed by atoms with Crippen molar-refractivity contribution in [3.63, 3.8) is 0 Å². The quantitative estimate of drug-likeness (QED) is 0.873. The van der Waals surface area contributed by atoms with E-state index in [-0.39, 0.29) is 12.6 Å². The van der Waals surface area contributed by atoms with E-state index < -0.39 is 15.1 Å². The lowest BCUT2D eigenvalue weighted by Gasteiger charge is -2.39. The number of hydrogen-bond acceptors (Lipinski definition) is 4. The molecule has 4 nitrogen and oxygen atoms in total. The molecule has 0 aliphatic carbocycles. The fourth-order valence-corrected chi connectivity index (χ4v) is 5.14. The maximum absolute atomic E-state index is 12.9. The van der Waals surface area contributed by atoms with Crippen molar-refractivity contribution in [1.29, 1.82) is 0 Å². The summed E-state index contributed by atoms with van der Waals surface area (Å²) >= 11 is 0. The van der Waals surface area contributed by atoms with Gasteiger partial charge in [-0.2, -0.15) is 0 Å². The van der Waals surface area contributed by atoms with Crippen LogP contribution < -0.4 is 5.73 Å². The first-order valence-corrected chi connectivity index (χ1v) is 9.39. The van der Waals surface area contributed by atoms with Crippen LogP contribution in [0.5, 0.6) is 0 Å². The number of sulfone groups is 1. The monoisotopic (exact) mass is 310 g/mol. The van der Waals surface area contributed by atoms with Crippen LogP contribution in [-0.4, -0.2) is 44.2 Å². The van der Waals surface area contributed by atoms with Gasteiger partial charge in [-0.25, -0.2) is 8.42 Å². The summed E-state index contributed by atoms with van der Waals surface area (Å²) in [6.07, 6.45) is 4.21. The van der Waals surface area contributed by atoms with E-state index in [9.17, 15) is 8.42 Å². The van der Waals surface area contributed by atoms with E-state index in [4.69, 9.17) is 5.73 Å². The van der Waals surface area contributed by atoms with Crippen molar-refractivity contribution < 1.29 is 8.42 Å². The highest BCUT2D eigenvalue weighted by Gasteiger charge is 2.37. The molecule has 0 spiro atoms. The molecule has 1 heterocycles. The van der Waals surface area contributed by atoms with Crippen LogP contribution in [0.25, 0.3) is 0 Å². The number of rotatable bonds is 6. The van der Waals surface area contributed by atoms with E-state index in [0.29, 0.717) is 4.90 Å². The first kappa shape index (κ1) is 16.5. The number of hydrogen-bond donors (Lipinski definition) is 1. The minimum atomic E-state index is -3.37. The summed E-state index contributed by atoms with van der Waals surface area (Å²) < 4.78 is 25.8. The molecule has 1 aromatic rings. The third-order valence-electron chi connectivity index (χ3n) is 4.31. The average Bonchev–Trinajstić information content (AvgIpc) is 2.51. The molecule has 0 amide bonds. The van der Waals surface area contributed by atoms with Crippen molar-refractivity contribution in [1.82, 2.24) is 4.90 Å². The molecular weight excluding hydrogens is 284 g/mol. The zero-order valence-corrected chi connectivity index (χ0v) is 13.6. The van der Waals surface area contributed by atoms with Crippen LogP contribution in [0, 0.1) is 0 Å². The zero-order valence-electron chi connectivity index (χ0n) is 12.7. The van der Waals surface area contributed by atoms with Gasteiger partial charge in [0.15, 0.2) is 9.84 Å². The Hall–Kier alpha value is -0.910. The van der Waals surface area contributed by atoms with E-state index in [1.807, 2.05) is 6.07 Å². The molecule has 5 heteroatoms. The molecule has 118 valence electrons. The summed E-state index contributed by atoms with van der Waals surface area (Å²) in [6.45, 7) is 4.25. The van der Waals surface area contributed by atoms with Crippen molar-refractivity contribution in [2.75, 3.05) is 19.6 Å². The highest BCUT2D eigenvalue weighted by Crippen LogP contribution is 2.27. The second-order valence-electron chi connectivity index (χ2n) is 5.73. The van der Waals surface area contributed by atoms with Gasteiger partial charge < -0.3 is 5.73 Å². The molecule has 2 rings (SSSR count). The van der Waals surface area contributed by atoms with Crippen molar-refractivity contribution in [3.8, 4) is 0 Å². The smallest absolute Gasteiger partial charge is 0.184 e. The van der Waals surface area contributed by atoms with Crippen LogP contribution in [0.1, 0.15) is 32.6 Å². The molecule has 1 saturated heterocycles. The van der Waals surface area contributed by atoms with E-state index in [1.165, 1.54) is 0 Å². The summed E-state index contributed by atoms with van der Waals surface area (Å²) in [7, 11) is -3.37. The molecule has 0 aromatic heterocycles. The van der Waals surface area contributed by atoms with Gasteiger partial charge in [-0.1, -0.05) is 31.5 Å². The van der Waals surface area contributed by atoms with Crippen LogP contribution in [0.2, 0.25) is 0 Å². The normalized spacial score (nSPS) is 22.1. The van der Waals surface area contributed by atoms with Crippen LogP contribution in [0.4, 0.5) is 0 Å². The van der Waals surface area contributed by atoms with E-state index in [0.717, 1.165) is 38.8 Å². The van der Waals surface area contributed by atoms with Gasteiger partial charge in [0.05, 0.1) is 10.1 Å². The highest BCUT2D eigenvalue weighted by atomic mass is 32.2. The minimum Gasteiger partial charge on any atom is -0.329 e. The van der Waals surface area contributed by atoms with Crippen molar-refractivity contribution >= 4 is 9.84 Å². The number of benzene rings is 1. The molecule has 21 heavy (non-hydrogen) atoms. The maximum Gasteiger partial charge on any atom is 0.184 e. The predicted molar refractivity (Wildman–Crippen MR) is 86.0 cm³/mol. The highest BCUT2D eigenvalue weighted by molar-refractivity contribution is 7.92. The van der Waals surface area contributed by atoms with Gasteiger partial charge in [0, 0.05) is 12.6 Å². The lowest BCUT2D eigenvalue weighted by atomic mass is 9.99. The number of nitrogens with two attached hydrogens (primary N) is 1. The van der Waals surface area contributed by atoms with Gasteiger partial charge in [0.2, 0.25) is 0 Å². The van der Waals surface area contributed by atoms with Crippen LogP contribution in [-0.2, 0) is 9.84 Å². The SMILES string of the molecule is CCCN1CCCCC1C(CN)S(=O)(=O)c1ccccc1. The van der Waals surface area contributed by atoms with Gasteiger partial charge in [-0.05, 0) is 44.5 Å². The Labute approximate surface area is 128 Å². The summed E-state index contributed by atoms with van der Waals surface area (Å²) in [5.74, 6) is 0. The lowest BCUT2D eigenvalue weighted by Crippen LogP contribution is -2.52. The maximum atomic E-state index is 12.9. The average molecular weight is 310 g/mol. The van der Waals surface area contributed by atoms with Crippen LogP contribution >= 0.6 is 0 Å². The zero-order chi connectivity index (χ0) is 15.3.